The van der Waals surface area contributed by atoms with E-state index in [9.17, 15) is 13.2 Å². The van der Waals surface area contributed by atoms with E-state index in [4.69, 9.17) is 5.73 Å². The summed E-state index contributed by atoms with van der Waals surface area (Å²) in [6.07, 6.45) is -4.34. The van der Waals surface area contributed by atoms with Crippen LogP contribution in [0.2, 0.25) is 0 Å². The summed E-state index contributed by atoms with van der Waals surface area (Å²) in [6, 6.07) is 3.03. The van der Waals surface area contributed by atoms with E-state index in [0.29, 0.717) is 4.90 Å². The van der Waals surface area contributed by atoms with E-state index in [2.05, 4.69) is 12.6 Å². The van der Waals surface area contributed by atoms with Crippen molar-refractivity contribution in [1.82, 2.24) is 0 Å². The minimum atomic E-state index is -4.34. The van der Waals surface area contributed by atoms with Crippen LogP contribution < -0.4 is 5.73 Å². The molecule has 1 aromatic rings. The number of halogens is 4. The van der Waals surface area contributed by atoms with Gasteiger partial charge in [0, 0.05) is 10.6 Å². The number of thiol groups is 1. The van der Waals surface area contributed by atoms with Crippen molar-refractivity contribution < 1.29 is 13.2 Å². The average Bonchev–Trinajstić information content (AvgIpc) is 1.92. The molecule has 0 bridgehead atoms. The lowest BCUT2D eigenvalue weighted by Crippen LogP contribution is -2.05. The van der Waals surface area contributed by atoms with Gasteiger partial charge >= 0.3 is 6.18 Å². The summed E-state index contributed by atoms with van der Waals surface area (Å²) in [5, 5.41) is 0. The molecule has 2 N–H and O–H groups in total. The third-order valence-corrected chi connectivity index (χ3v) is 1.76. The zero-order chi connectivity index (χ0) is 9.35. The third kappa shape index (κ3) is 3.00. The first-order valence-electron chi connectivity index (χ1n) is 3.07. The summed E-state index contributed by atoms with van der Waals surface area (Å²) in [6.45, 7) is 0. The van der Waals surface area contributed by atoms with Gasteiger partial charge in [-0.1, -0.05) is 0 Å². The highest BCUT2D eigenvalue weighted by Gasteiger charge is 2.30. The quantitative estimate of drug-likeness (QED) is 0.519. The van der Waals surface area contributed by atoms with E-state index in [1.165, 1.54) is 6.07 Å². The molecule has 0 fully saturated rings. The highest BCUT2D eigenvalue weighted by molar-refractivity contribution is 7.80. The smallest absolute Gasteiger partial charge is 0.398 e. The normalized spacial score (nSPS) is 10.8. The van der Waals surface area contributed by atoms with Gasteiger partial charge in [-0.05, 0) is 18.2 Å². The number of benzene rings is 1. The van der Waals surface area contributed by atoms with Crippen LogP contribution in [0, 0.1) is 0 Å². The zero-order valence-electron chi connectivity index (χ0n) is 6.30. The molecule has 6 heteroatoms. The lowest BCUT2D eigenvalue weighted by Gasteiger charge is -2.07. The molecule has 0 aromatic heterocycles. The fraction of sp³-hybridized carbons (Fsp3) is 0.143. The molecule has 74 valence electrons. The summed E-state index contributed by atoms with van der Waals surface area (Å²) in [4.78, 5) is 0.350. The maximum Gasteiger partial charge on any atom is 0.416 e. The van der Waals surface area contributed by atoms with Crippen LogP contribution in [0.4, 0.5) is 18.9 Å². The Balaban J connectivity index is 0.00000144. The molecule has 0 aliphatic heterocycles. The first kappa shape index (κ1) is 12.4. The molecule has 0 heterocycles. The fourth-order valence-electron chi connectivity index (χ4n) is 0.731. The lowest BCUT2D eigenvalue weighted by molar-refractivity contribution is -0.137. The van der Waals surface area contributed by atoms with Crippen LogP contribution in [-0.4, -0.2) is 0 Å². The molecule has 0 saturated carbocycles. The highest BCUT2D eigenvalue weighted by Crippen LogP contribution is 2.31. The Kier molecular flexibility index (Phi) is 3.93. The minimum absolute atomic E-state index is 0. The van der Waals surface area contributed by atoms with Gasteiger partial charge in [0.25, 0.3) is 0 Å². The third-order valence-electron chi connectivity index (χ3n) is 1.35. The van der Waals surface area contributed by atoms with E-state index in [1.807, 2.05) is 0 Å². The molecular formula is C7H7ClF3NS. The largest absolute Gasteiger partial charge is 0.416 e. The molecule has 1 aromatic carbocycles. The molecule has 0 unspecified atom stereocenters. The van der Waals surface area contributed by atoms with Gasteiger partial charge in [-0.3, -0.25) is 0 Å². The molecule has 1 nitrogen and oxygen atoms in total. The molecule has 0 spiro atoms. The van der Waals surface area contributed by atoms with Crippen molar-refractivity contribution in [1.29, 1.82) is 0 Å². The van der Waals surface area contributed by atoms with Gasteiger partial charge in [0.1, 0.15) is 0 Å². The number of nitrogen functional groups attached to an aromatic ring is 1. The number of hydrogen-bond acceptors (Lipinski definition) is 2. The van der Waals surface area contributed by atoms with Gasteiger partial charge in [-0.2, -0.15) is 13.2 Å². The van der Waals surface area contributed by atoms with Gasteiger partial charge in [-0.25, -0.2) is 0 Å². The van der Waals surface area contributed by atoms with Crippen LogP contribution in [-0.2, 0) is 6.18 Å². The maximum atomic E-state index is 12.0. The molecule has 0 aliphatic carbocycles. The van der Waals surface area contributed by atoms with Crippen molar-refractivity contribution >= 4 is 30.7 Å². The Bertz CT molecular complexity index is 300. The SMILES string of the molecule is Cl.Nc1cc(C(F)(F)F)ccc1S. The number of alkyl halides is 3. The monoisotopic (exact) mass is 229 g/mol. The van der Waals surface area contributed by atoms with Crippen LogP contribution in [0.3, 0.4) is 0 Å². The van der Waals surface area contributed by atoms with Crippen LogP contribution >= 0.6 is 25.0 Å². The number of anilines is 1. The summed E-state index contributed by atoms with van der Waals surface area (Å²) in [7, 11) is 0. The fourth-order valence-corrected chi connectivity index (χ4v) is 0.870. The molecule has 0 atom stereocenters. The Morgan fingerprint density at radius 3 is 2.15 bits per heavy atom. The second kappa shape index (κ2) is 4.11. The van der Waals surface area contributed by atoms with Crippen LogP contribution in [0.1, 0.15) is 5.56 Å². The standard InChI is InChI=1S/C7H6F3NS.ClH/c8-7(9,10)4-1-2-6(12)5(11)3-4;/h1-3,12H,11H2;1H. The summed E-state index contributed by atoms with van der Waals surface area (Å²) >= 11 is 3.85. The maximum absolute atomic E-state index is 12.0. The topological polar surface area (TPSA) is 26.0 Å². The van der Waals surface area contributed by atoms with Crippen molar-refractivity contribution in [2.45, 2.75) is 11.1 Å². The van der Waals surface area contributed by atoms with Gasteiger partial charge in [-0.15, -0.1) is 25.0 Å². The van der Waals surface area contributed by atoms with Gasteiger partial charge in [0.2, 0.25) is 0 Å². The predicted molar refractivity (Wildman–Crippen MR) is 50.4 cm³/mol. The number of nitrogens with two attached hydrogens (primary N) is 1. The Morgan fingerprint density at radius 1 is 1.23 bits per heavy atom. The molecule has 0 radical (unpaired) electrons. The molecular weight excluding hydrogens is 223 g/mol. The highest BCUT2D eigenvalue weighted by atomic mass is 35.5. The Labute approximate surface area is 84.9 Å². The second-order valence-electron chi connectivity index (χ2n) is 2.27. The second-order valence-corrected chi connectivity index (χ2v) is 2.75. The zero-order valence-corrected chi connectivity index (χ0v) is 8.01. The lowest BCUT2D eigenvalue weighted by atomic mass is 10.2. The van der Waals surface area contributed by atoms with E-state index >= 15 is 0 Å². The van der Waals surface area contributed by atoms with E-state index in [0.717, 1.165) is 12.1 Å². The van der Waals surface area contributed by atoms with Gasteiger partial charge in [0.05, 0.1) is 5.56 Å². The number of hydrogen-bond donors (Lipinski definition) is 2. The van der Waals surface area contributed by atoms with Crippen LogP contribution in [0.5, 0.6) is 0 Å². The van der Waals surface area contributed by atoms with Crippen molar-refractivity contribution in [2.75, 3.05) is 5.73 Å². The van der Waals surface area contributed by atoms with Gasteiger partial charge in [0.15, 0.2) is 0 Å². The van der Waals surface area contributed by atoms with Crippen molar-refractivity contribution in [3.63, 3.8) is 0 Å². The Morgan fingerprint density at radius 2 is 1.77 bits per heavy atom. The predicted octanol–water partition coefficient (Wildman–Crippen LogP) is 3.00. The molecule has 13 heavy (non-hydrogen) atoms. The van der Waals surface area contributed by atoms with Crippen LogP contribution in [0.25, 0.3) is 0 Å². The van der Waals surface area contributed by atoms with E-state index in [1.54, 1.807) is 0 Å². The first-order chi connectivity index (χ1) is 5.41. The Hall–Kier alpha value is -0.550. The van der Waals surface area contributed by atoms with E-state index < -0.39 is 11.7 Å². The molecule has 1 rings (SSSR count). The summed E-state index contributed by atoms with van der Waals surface area (Å²) < 4.78 is 36.1. The molecule has 0 saturated heterocycles. The first-order valence-corrected chi connectivity index (χ1v) is 3.51. The van der Waals surface area contributed by atoms with Crippen molar-refractivity contribution in [3.05, 3.63) is 23.8 Å². The average molecular weight is 230 g/mol. The number of rotatable bonds is 0. The van der Waals surface area contributed by atoms with E-state index in [-0.39, 0.29) is 18.1 Å². The van der Waals surface area contributed by atoms with Gasteiger partial charge < -0.3 is 5.73 Å². The molecule has 0 amide bonds. The minimum Gasteiger partial charge on any atom is -0.398 e. The van der Waals surface area contributed by atoms with Crippen LogP contribution in [0.15, 0.2) is 23.1 Å². The summed E-state index contributed by atoms with van der Waals surface area (Å²) in [5.74, 6) is 0. The molecule has 0 aliphatic rings. The van der Waals surface area contributed by atoms with Crippen molar-refractivity contribution in [3.8, 4) is 0 Å². The summed E-state index contributed by atoms with van der Waals surface area (Å²) in [5.41, 5.74) is 4.52. The van der Waals surface area contributed by atoms with Crippen molar-refractivity contribution in [2.24, 2.45) is 0 Å².